The normalized spacial score (nSPS) is 13.0. The summed E-state index contributed by atoms with van der Waals surface area (Å²) < 4.78 is 16.7. The monoisotopic (exact) mass is 887 g/mol. The van der Waals surface area contributed by atoms with Crippen molar-refractivity contribution >= 4 is 17.9 Å². The third kappa shape index (κ3) is 49.1. The molecule has 0 N–H and O–H groups in total. The van der Waals surface area contributed by atoms with Crippen LogP contribution in [0.25, 0.3) is 0 Å². The molecule has 1 atom stereocenters. The molecular weight excluding hydrogens is 793 g/mol. The molecule has 1 unspecified atom stereocenters. The van der Waals surface area contributed by atoms with Crippen molar-refractivity contribution in [2.75, 3.05) is 13.2 Å². The number of unbranched alkanes of at least 4 members (excludes halogenated alkanes) is 16. The Kier molecular flexibility index (Phi) is 48.5. The molecule has 0 fully saturated rings. The van der Waals surface area contributed by atoms with E-state index in [1.54, 1.807) is 0 Å². The molecule has 0 aromatic heterocycles. The Balaban J connectivity index is 4.47. The largest absolute Gasteiger partial charge is 0.462 e. The Bertz CT molecular complexity index is 1340. The Hall–Kier alpha value is -3.93. The molecular formula is C58H94O6. The van der Waals surface area contributed by atoms with Crippen molar-refractivity contribution in [3.8, 4) is 0 Å². The fourth-order valence-electron chi connectivity index (χ4n) is 6.66. The molecule has 0 aliphatic rings. The minimum absolute atomic E-state index is 0.115. The lowest BCUT2D eigenvalue weighted by atomic mass is 10.1. The first-order valence-electron chi connectivity index (χ1n) is 25.9. The predicted octanol–water partition coefficient (Wildman–Crippen LogP) is 17.1. The maximum atomic E-state index is 12.8. The van der Waals surface area contributed by atoms with Gasteiger partial charge in [-0.25, -0.2) is 0 Å². The van der Waals surface area contributed by atoms with Crippen molar-refractivity contribution in [2.24, 2.45) is 0 Å². The highest BCUT2D eigenvalue weighted by atomic mass is 16.6. The highest BCUT2D eigenvalue weighted by molar-refractivity contribution is 5.71. The summed E-state index contributed by atoms with van der Waals surface area (Å²) >= 11 is 0. The van der Waals surface area contributed by atoms with E-state index in [9.17, 15) is 14.4 Å². The van der Waals surface area contributed by atoms with Crippen LogP contribution in [0.3, 0.4) is 0 Å². The molecule has 0 spiro atoms. The van der Waals surface area contributed by atoms with E-state index in [1.807, 2.05) is 12.2 Å². The van der Waals surface area contributed by atoms with Crippen molar-refractivity contribution in [2.45, 2.75) is 226 Å². The molecule has 0 aliphatic carbocycles. The summed E-state index contributed by atoms with van der Waals surface area (Å²) in [4.78, 5) is 37.9. The number of hydrogen-bond acceptors (Lipinski definition) is 6. The maximum Gasteiger partial charge on any atom is 0.306 e. The van der Waals surface area contributed by atoms with E-state index in [2.05, 4.69) is 118 Å². The van der Waals surface area contributed by atoms with Crippen LogP contribution in [-0.4, -0.2) is 37.2 Å². The van der Waals surface area contributed by atoms with E-state index < -0.39 is 12.1 Å². The van der Waals surface area contributed by atoms with Gasteiger partial charge in [0.15, 0.2) is 6.10 Å². The van der Waals surface area contributed by atoms with Gasteiger partial charge in [0.2, 0.25) is 0 Å². The number of carbonyl (C=O) groups is 3. The fourth-order valence-corrected chi connectivity index (χ4v) is 6.66. The first kappa shape index (κ1) is 60.1. The standard InChI is InChI=1S/C58H94O6/c1-4-7-10-13-16-19-22-24-26-28-29-30-32-33-36-39-42-45-48-51-57(60)63-54-55(53-62-56(59)50-47-44-41-38-35-21-18-15-12-9-6-3)64-58(61)52-49-46-43-40-37-34-31-27-25-23-20-17-14-11-8-5-2/h7-8,10-11,15-20,24-27,34,37,43,46,55H,4-6,9,12-14,21-23,28-33,35-36,38-42,44-45,47-54H2,1-3H3/b10-7-,11-8-,18-15-,19-16-,20-17-,26-24-,27-25-,37-34-,46-43-. The van der Waals surface area contributed by atoms with E-state index >= 15 is 0 Å². The van der Waals surface area contributed by atoms with Gasteiger partial charge in [0, 0.05) is 19.3 Å². The van der Waals surface area contributed by atoms with Crippen LogP contribution >= 0.6 is 0 Å². The van der Waals surface area contributed by atoms with Gasteiger partial charge in [-0.15, -0.1) is 0 Å². The molecule has 6 heteroatoms. The summed E-state index contributed by atoms with van der Waals surface area (Å²) in [7, 11) is 0. The second-order valence-corrected chi connectivity index (χ2v) is 16.7. The SMILES string of the molecule is CC/C=C\C/C=C\C/C=C\C/C=C\C/C=C\CCC(=O)OC(COC(=O)CCCCCCC/C=C\CCCC)COC(=O)CCCCCCCCCCC/C=C\C/C=C\C/C=C\CC. The summed E-state index contributed by atoms with van der Waals surface area (Å²) in [6, 6.07) is 0. The fraction of sp³-hybridized carbons (Fsp3) is 0.638. The highest BCUT2D eigenvalue weighted by Gasteiger charge is 2.19. The molecule has 362 valence electrons. The van der Waals surface area contributed by atoms with Crippen LogP contribution < -0.4 is 0 Å². The van der Waals surface area contributed by atoms with Gasteiger partial charge in [-0.3, -0.25) is 14.4 Å². The Morgan fingerprint density at radius 2 is 0.641 bits per heavy atom. The van der Waals surface area contributed by atoms with Crippen LogP contribution in [0.15, 0.2) is 109 Å². The number of ether oxygens (including phenoxy) is 3. The lowest BCUT2D eigenvalue weighted by Gasteiger charge is -2.18. The molecule has 0 saturated carbocycles. The topological polar surface area (TPSA) is 78.9 Å². The van der Waals surface area contributed by atoms with Crippen LogP contribution in [0.2, 0.25) is 0 Å². The van der Waals surface area contributed by atoms with Crippen molar-refractivity contribution in [1.29, 1.82) is 0 Å². The first-order valence-corrected chi connectivity index (χ1v) is 25.9. The lowest BCUT2D eigenvalue weighted by Crippen LogP contribution is -2.30. The summed E-state index contributed by atoms with van der Waals surface area (Å²) in [5.74, 6) is -1.02. The first-order chi connectivity index (χ1) is 31.5. The molecule has 0 amide bonds. The molecule has 0 bridgehead atoms. The maximum absolute atomic E-state index is 12.8. The Morgan fingerprint density at radius 1 is 0.328 bits per heavy atom. The molecule has 6 nitrogen and oxygen atoms in total. The molecule has 64 heavy (non-hydrogen) atoms. The summed E-state index contributed by atoms with van der Waals surface area (Å²) in [5.41, 5.74) is 0. The van der Waals surface area contributed by atoms with E-state index in [1.165, 1.54) is 64.2 Å². The van der Waals surface area contributed by atoms with Gasteiger partial charge in [-0.2, -0.15) is 0 Å². The van der Waals surface area contributed by atoms with Crippen molar-refractivity contribution in [1.82, 2.24) is 0 Å². The van der Waals surface area contributed by atoms with Gasteiger partial charge in [0.1, 0.15) is 13.2 Å². The predicted molar refractivity (Wildman–Crippen MR) is 274 cm³/mol. The quantitative estimate of drug-likeness (QED) is 0.0262. The van der Waals surface area contributed by atoms with Gasteiger partial charge in [-0.1, -0.05) is 207 Å². The van der Waals surface area contributed by atoms with Gasteiger partial charge in [0.25, 0.3) is 0 Å². The van der Waals surface area contributed by atoms with E-state index in [-0.39, 0.29) is 31.6 Å². The second-order valence-electron chi connectivity index (χ2n) is 16.7. The van der Waals surface area contributed by atoms with Crippen LogP contribution in [0.4, 0.5) is 0 Å². The molecule has 0 aromatic rings. The smallest absolute Gasteiger partial charge is 0.306 e. The zero-order valence-corrected chi connectivity index (χ0v) is 41.3. The zero-order valence-electron chi connectivity index (χ0n) is 41.3. The van der Waals surface area contributed by atoms with Crippen LogP contribution in [0.5, 0.6) is 0 Å². The van der Waals surface area contributed by atoms with Gasteiger partial charge in [-0.05, 0) is 103 Å². The summed E-state index contributed by atoms with van der Waals surface area (Å²) in [5, 5.41) is 0. The summed E-state index contributed by atoms with van der Waals surface area (Å²) in [6.07, 6.45) is 69.4. The van der Waals surface area contributed by atoms with Crippen LogP contribution in [0.1, 0.15) is 220 Å². The zero-order chi connectivity index (χ0) is 46.5. The highest BCUT2D eigenvalue weighted by Crippen LogP contribution is 2.13. The second kappa shape index (κ2) is 51.7. The molecule has 0 aromatic carbocycles. The van der Waals surface area contributed by atoms with Crippen molar-refractivity contribution in [3.05, 3.63) is 109 Å². The summed E-state index contributed by atoms with van der Waals surface area (Å²) in [6.45, 7) is 6.29. The number of allylic oxidation sites excluding steroid dienone is 18. The van der Waals surface area contributed by atoms with Gasteiger partial charge >= 0.3 is 17.9 Å². The van der Waals surface area contributed by atoms with Crippen molar-refractivity contribution < 1.29 is 28.6 Å². The number of carbonyl (C=O) groups excluding carboxylic acids is 3. The molecule has 0 rings (SSSR count). The third-order valence-electron chi connectivity index (χ3n) is 10.5. The minimum Gasteiger partial charge on any atom is -0.462 e. The Morgan fingerprint density at radius 3 is 1.03 bits per heavy atom. The minimum atomic E-state index is -0.824. The van der Waals surface area contributed by atoms with E-state index in [0.29, 0.717) is 19.3 Å². The van der Waals surface area contributed by atoms with E-state index in [0.717, 1.165) is 109 Å². The third-order valence-corrected chi connectivity index (χ3v) is 10.5. The van der Waals surface area contributed by atoms with Crippen LogP contribution in [0, 0.1) is 0 Å². The van der Waals surface area contributed by atoms with Gasteiger partial charge in [0.05, 0.1) is 0 Å². The number of hydrogen-bond donors (Lipinski definition) is 0. The molecule has 0 heterocycles. The molecule has 0 aliphatic heterocycles. The average molecular weight is 887 g/mol. The Labute approximate surface area is 393 Å². The number of rotatable bonds is 45. The number of esters is 3. The van der Waals surface area contributed by atoms with Gasteiger partial charge < -0.3 is 14.2 Å². The lowest BCUT2D eigenvalue weighted by molar-refractivity contribution is -0.166. The van der Waals surface area contributed by atoms with E-state index in [4.69, 9.17) is 14.2 Å². The molecule has 0 radical (unpaired) electrons. The van der Waals surface area contributed by atoms with Crippen LogP contribution in [-0.2, 0) is 28.6 Å². The molecule has 0 saturated heterocycles. The average Bonchev–Trinajstić information content (AvgIpc) is 3.29. The van der Waals surface area contributed by atoms with Crippen molar-refractivity contribution in [3.63, 3.8) is 0 Å².